The van der Waals surface area contributed by atoms with E-state index in [1.54, 1.807) is 13.3 Å². The number of amides is 2. The van der Waals surface area contributed by atoms with E-state index in [1.165, 1.54) is 47.2 Å². The molecule has 0 aliphatic heterocycles. The van der Waals surface area contributed by atoms with Gasteiger partial charge in [-0.25, -0.2) is 13.3 Å². The molecule has 2 heterocycles. The molecule has 202 valence electrons. The number of nitrogens with zero attached hydrogens (tertiary/aromatic N) is 3. The maximum absolute atomic E-state index is 15.0. The van der Waals surface area contributed by atoms with Gasteiger partial charge in [0.15, 0.2) is 11.6 Å². The second kappa shape index (κ2) is 10.7. The first-order valence-corrected chi connectivity index (χ1v) is 12.1. The molecular weight excluding hydrogens is 512 g/mol. The molecule has 0 bridgehead atoms. The van der Waals surface area contributed by atoms with E-state index in [4.69, 9.17) is 14.2 Å². The van der Waals surface area contributed by atoms with Gasteiger partial charge in [-0.1, -0.05) is 0 Å². The summed E-state index contributed by atoms with van der Waals surface area (Å²) >= 11 is 0. The number of aromatic nitrogens is 3. The zero-order valence-electron chi connectivity index (χ0n) is 21.2. The highest BCUT2D eigenvalue weighted by molar-refractivity contribution is 6.16. The number of hydrogen-bond donors (Lipinski definition) is 2. The smallest absolute Gasteiger partial charge is 0.247 e. The van der Waals surface area contributed by atoms with Gasteiger partial charge < -0.3 is 24.8 Å². The summed E-state index contributed by atoms with van der Waals surface area (Å²) in [4.78, 5) is 29.8. The van der Waals surface area contributed by atoms with Gasteiger partial charge in [-0.3, -0.25) is 9.59 Å². The van der Waals surface area contributed by atoms with Crippen LogP contribution < -0.4 is 20.1 Å². The van der Waals surface area contributed by atoms with Crippen LogP contribution in [-0.4, -0.2) is 46.7 Å². The van der Waals surface area contributed by atoms with E-state index in [1.807, 2.05) is 6.92 Å². The zero-order valence-corrected chi connectivity index (χ0v) is 21.2. The molecule has 0 saturated heterocycles. The van der Waals surface area contributed by atoms with E-state index in [0.29, 0.717) is 48.6 Å². The third-order valence-corrected chi connectivity index (χ3v) is 6.41. The lowest BCUT2D eigenvalue weighted by Crippen LogP contribution is -2.35. The fourth-order valence-electron chi connectivity index (χ4n) is 4.04. The Balaban J connectivity index is 1.28. The molecule has 1 fully saturated rings. The number of benzene rings is 2. The summed E-state index contributed by atoms with van der Waals surface area (Å²) in [5.41, 5.74) is 0.469. The molecule has 1 aliphatic rings. The summed E-state index contributed by atoms with van der Waals surface area (Å²) < 4.78 is 46.1. The van der Waals surface area contributed by atoms with Crippen LogP contribution >= 0.6 is 0 Å². The van der Waals surface area contributed by atoms with Crippen molar-refractivity contribution in [3.63, 3.8) is 0 Å². The molecule has 2 amide bonds. The minimum atomic E-state index is -1.28. The maximum atomic E-state index is 15.0. The predicted octanol–water partition coefficient (Wildman–Crippen LogP) is 4.49. The van der Waals surface area contributed by atoms with Crippen LogP contribution in [0.4, 0.5) is 20.2 Å². The molecule has 39 heavy (non-hydrogen) atoms. The van der Waals surface area contributed by atoms with Crippen molar-refractivity contribution in [2.24, 2.45) is 5.41 Å². The lowest BCUT2D eigenvalue weighted by molar-refractivity contribution is -0.131. The lowest BCUT2D eigenvalue weighted by Gasteiger charge is -2.16. The highest BCUT2D eigenvalue weighted by Gasteiger charge is 2.56. The van der Waals surface area contributed by atoms with Crippen molar-refractivity contribution in [2.45, 2.75) is 19.8 Å². The summed E-state index contributed by atoms with van der Waals surface area (Å²) in [5, 5.41) is 9.40. The average Bonchev–Trinajstić information content (AvgIpc) is 3.67. The zero-order chi connectivity index (χ0) is 27.6. The normalized spacial score (nSPS) is 13.6. The summed E-state index contributed by atoms with van der Waals surface area (Å²) in [7, 11) is 1.58. The molecular formula is C27H25F2N5O5. The quantitative estimate of drug-likeness (QED) is 0.226. The number of methoxy groups -OCH3 is 1. The fourth-order valence-corrected chi connectivity index (χ4v) is 4.04. The Morgan fingerprint density at radius 3 is 2.36 bits per heavy atom. The van der Waals surface area contributed by atoms with E-state index in [2.05, 4.69) is 20.7 Å². The molecule has 2 aromatic heterocycles. The van der Waals surface area contributed by atoms with Gasteiger partial charge in [0, 0.05) is 30.1 Å². The predicted molar refractivity (Wildman–Crippen MR) is 137 cm³/mol. The van der Waals surface area contributed by atoms with E-state index >= 15 is 4.39 Å². The van der Waals surface area contributed by atoms with Gasteiger partial charge in [0.05, 0.1) is 12.8 Å². The molecule has 4 aromatic rings. The topological polar surface area (TPSA) is 116 Å². The third-order valence-electron chi connectivity index (χ3n) is 6.41. The minimum Gasteiger partial charge on any atom is -0.489 e. The summed E-state index contributed by atoms with van der Waals surface area (Å²) in [5.74, 6) is -1.68. The second-order valence-corrected chi connectivity index (χ2v) is 9.06. The second-order valence-electron chi connectivity index (χ2n) is 9.06. The first-order chi connectivity index (χ1) is 18.8. The van der Waals surface area contributed by atoms with Crippen LogP contribution in [0.25, 0.3) is 5.52 Å². The van der Waals surface area contributed by atoms with Crippen molar-refractivity contribution in [1.82, 2.24) is 14.6 Å². The Kier molecular flexibility index (Phi) is 7.11. The maximum Gasteiger partial charge on any atom is 0.247 e. The summed E-state index contributed by atoms with van der Waals surface area (Å²) in [6, 6.07) is 9.16. The Bertz CT molecular complexity index is 1540. The third kappa shape index (κ3) is 5.36. The molecule has 0 radical (unpaired) electrons. The number of ether oxygens (including phenoxy) is 3. The molecule has 5 rings (SSSR count). The number of halogens is 2. The van der Waals surface area contributed by atoms with Crippen LogP contribution in [0.15, 0.2) is 55.0 Å². The first-order valence-electron chi connectivity index (χ1n) is 12.1. The van der Waals surface area contributed by atoms with Crippen LogP contribution in [0.1, 0.15) is 18.4 Å². The number of anilines is 2. The van der Waals surface area contributed by atoms with Crippen molar-refractivity contribution in [3.05, 3.63) is 72.2 Å². The average molecular weight is 538 g/mol. The molecule has 2 aromatic carbocycles. The molecule has 12 heteroatoms. The van der Waals surface area contributed by atoms with E-state index in [-0.39, 0.29) is 17.3 Å². The van der Waals surface area contributed by atoms with Crippen LogP contribution in [0, 0.1) is 24.0 Å². The number of aryl methyl sites for hydroxylation is 1. The van der Waals surface area contributed by atoms with Crippen LogP contribution in [-0.2, 0) is 14.3 Å². The van der Waals surface area contributed by atoms with Gasteiger partial charge >= 0.3 is 0 Å². The summed E-state index contributed by atoms with van der Waals surface area (Å²) in [6.45, 7) is 2.56. The van der Waals surface area contributed by atoms with Gasteiger partial charge in [0.2, 0.25) is 17.7 Å². The monoisotopic (exact) mass is 537 g/mol. The van der Waals surface area contributed by atoms with Crippen molar-refractivity contribution >= 4 is 28.7 Å². The molecule has 0 spiro atoms. The van der Waals surface area contributed by atoms with Gasteiger partial charge in [-0.2, -0.15) is 10.1 Å². The van der Waals surface area contributed by atoms with Crippen LogP contribution in [0.2, 0.25) is 0 Å². The Morgan fingerprint density at radius 1 is 1.00 bits per heavy atom. The first kappa shape index (κ1) is 26.0. The number of hydrogen-bond acceptors (Lipinski definition) is 7. The van der Waals surface area contributed by atoms with Crippen molar-refractivity contribution in [1.29, 1.82) is 0 Å². The van der Waals surface area contributed by atoms with E-state index in [9.17, 15) is 14.0 Å². The number of carbonyl (C=O) groups is 2. The van der Waals surface area contributed by atoms with Gasteiger partial charge in [-0.05, 0) is 56.2 Å². The number of fused-ring (bicyclic) bond motifs is 1. The van der Waals surface area contributed by atoms with Gasteiger partial charge in [-0.15, -0.1) is 0 Å². The lowest BCUT2D eigenvalue weighted by atomic mass is 10.0. The van der Waals surface area contributed by atoms with Crippen LogP contribution in [0.3, 0.4) is 0 Å². The van der Waals surface area contributed by atoms with Gasteiger partial charge in [0.1, 0.15) is 35.4 Å². The van der Waals surface area contributed by atoms with Crippen molar-refractivity contribution in [2.75, 3.05) is 31.0 Å². The molecule has 1 aliphatic carbocycles. The van der Waals surface area contributed by atoms with Crippen molar-refractivity contribution < 1.29 is 32.6 Å². The number of nitrogens with one attached hydrogen (secondary N) is 2. The van der Waals surface area contributed by atoms with Crippen molar-refractivity contribution in [3.8, 4) is 17.4 Å². The Labute approximate surface area is 221 Å². The molecule has 2 N–H and O–H groups in total. The highest BCUT2D eigenvalue weighted by atomic mass is 19.1. The fraction of sp³-hybridized carbons (Fsp3) is 0.259. The van der Waals surface area contributed by atoms with Crippen LogP contribution in [0.5, 0.6) is 17.4 Å². The number of rotatable bonds is 10. The minimum absolute atomic E-state index is 0.119. The molecule has 0 unspecified atom stereocenters. The highest BCUT2D eigenvalue weighted by Crippen LogP contribution is 2.47. The van der Waals surface area contributed by atoms with E-state index in [0.717, 1.165) is 6.07 Å². The molecule has 0 atom stereocenters. The standard InChI is InChI=1S/C27H25F2N5O5/c1-16-22(38-12-11-37-2)14-34-23(16)24(30-15-31-34)39-21-8-7-19(13-20(21)29)33-26(36)27(9-10-27)25(35)32-18-5-3-17(28)4-6-18/h3-8,13-15H,9-12H2,1-2H3,(H,32,35)(H,33,36). The molecule has 10 nitrogen and oxygen atoms in total. The summed E-state index contributed by atoms with van der Waals surface area (Å²) in [6.07, 6.45) is 3.63. The number of carbonyl (C=O) groups excluding carboxylic acids is 2. The largest absolute Gasteiger partial charge is 0.489 e. The Morgan fingerprint density at radius 2 is 1.69 bits per heavy atom. The molecule has 1 saturated carbocycles. The Hall–Kier alpha value is -4.58. The SMILES string of the molecule is COCCOc1cn2ncnc(Oc3ccc(NC(=O)C4(C(=O)Nc5ccc(F)cc5)CC4)cc3F)c2c1C. The van der Waals surface area contributed by atoms with Gasteiger partial charge in [0.25, 0.3) is 0 Å². The van der Waals surface area contributed by atoms with E-state index < -0.39 is 28.9 Å².